The van der Waals surface area contributed by atoms with Gasteiger partial charge >= 0.3 is 11.8 Å². The van der Waals surface area contributed by atoms with Gasteiger partial charge in [0.05, 0.1) is 5.69 Å². The standard InChI is InChI=1S/C23H29N3O2S2/c1-29-20-9-5-3-7-18(20)16-26-13-11-17(12-14-26)15-24-22(27)23(28)25-19-8-4-6-10-21(19)30-2/h3-10,17H,11-16H2,1-2H3,(H,24,27)(H,25,28). The van der Waals surface area contributed by atoms with Gasteiger partial charge in [0.1, 0.15) is 0 Å². The van der Waals surface area contributed by atoms with Crippen molar-refractivity contribution >= 4 is 41.0 Å². The van der Waals surface area contributed by atoms with Crippen LogP contribution in [-0.4, -0.2) is 48.9 Å². The zero-order chi connectivity index (χ0) is 21.3. The van der Waals surface area contributed by atoms with Crippen molar-refractivity contribution in [2.45, 2.75) is 29.2 Å². The largest absolute Gasteiger partial charge is 0.348 e. The number of nitrogens with one attached hydrogen (secondary N) is 2. The molecule has 1 aliphatic heterocycles. The van der Waals surface area contributed by atoms with Crippen LogP contribution in [-0.2, 0) is 16.1 Å². The van der Waals surface area contributed by atoms with Crippen molar-refractivity contribution in [2.75, 3.05) is 37.5 Å². The van der Waals surface area contributed by atoms with Crippen LogP contribution in [0.2, 0.25) is 0 Å². The van der Waals surface area contributed by atoms with Crippen LogP contribution in [0.4, 0.5) is 5.69 Å². The van der Waals surface area contributed by atoms with Gasteiger partial charge < -0.3 is 10.6 Å². The maximum atomic E-state index is 12.2. The summed E-state index contributed by atoms with van der Waals surface area (Å²) in [5, 5.41) is 5.53. The van der Waals surface area contributed by atoms with E-state index in [9.17, 15) is 9.59 Å². The fourth-order valence-corrected chi connectivity index (χ4v) is 4.83. The van der Waals surface area contributed by atoms with E-state index in [1.807, 2.05) is 30.5 Å². The maximum absolute atomic E-state index is 12.2. The summed E-state index contributed by atoms with van der Waals surface area (Å²) in [7, 11) is 0. The van der Waals surface area contributed by atoms with Crippen molar-refractivity contribution in [2.24, 2.45) is 5.92 Å². The Morgan fingerprint density at radius 1 is 0.933 bits per heavy atom. The van der Waals surface area contributed by atoms with Crippen molar-refractivity contribution in [3.8, 4) is 0 Å². The highest BCUT2D eigenvalue weighted by molar-refractivity contribution is 7.99. The topological polar surface area (TPSA) is 61.4 Å². The van der Waals surface area contributed by atoms with Crippen LogP contribution in [0.1, 0.15) is 18.4 Å². The number of hydrogen-bond acceptors (Lipinski definition) is 5. The summed E-state index contributed by atoms with van der Waals surface area (Å²) in [6.45, 7) is 3.53. The van der Waals surface area contributed by atoms with E-state index >= 15 is 0 Å². The van der Waals surface area contributed by atoms with Crippen molar-refractivity contribution in [3.05, 3.63) is 54.1 Å². The second kappa shape index (κ2) is 11.4. The average Bonchev–Trinajstić information content (AvgIpc) is 2.79. The van der Waals surface area contributed by atoms with Gasteiger partial charge in [-0.05, 0) is 68.1 Å². The van der Waals surface area contributed by atoms with Crippen LogP contribution in [0, 0.1) is 5.92 Å². The molecule has 2 amide bonds. The Morgan fingerprint density at radius 3 is 2.27 bits per heavy atom. The molecule has 1 saturated heterocycles. The fourth-order valence-electron chi connectivity index (χ4n) is 3.67. The van der Waals surface area contributed by atoms with E-state index < -0.39 is 11.8 Å². The van der Waals surface area contributed by atoms with Gasteiger partial charge in [0.25, 0.3) is 0 Å². The molecule has 30 heavy (non-hydrogen) atoms. The molecule has 7 heteroatoms. The number of likely N-dealkylation sites (tertiary alicyclic amines) is 1. The van der Waals surface area contributed by atoms with Gasteiger partial charge in [0, 0.05) is 22.9 Å². The summed E-state index contributed by atoms with van der Waals surface area (Å²) in [6, 6.07) is 16.0. The number of amides is 2. The summed E-state index contributed by atoms with van der Waals surface area (Å²) >= 11 is 3.32. The second-order valence-electron chi connectivity index (χ2n) is 7.40. The first-order valence-corrected chi connectivity index (χ1v) is 12.6. The number of nitrogens with zero attached hydrogens (tertiary/aromatic N) is 1. The monoisotopic (exact) mass is 443 g/mol. The van der Waals surface area contributed by atoms with Crippen LogP contribution < -0.4 is 10.6 Å². The zero-order valence-corrected chi connectivity index (χ0v) is 19.2. The molecule has 160 valence electrons. The molecule has 2 aromatic rings. The quantitative estimate of drug-likeness (QED) is 0.498. The van der Waals surface area contributed by atoms with Crippen LogP contribution in [0.15, 0.2) is 58.3 Å². The Labute approximate surface area is 187 Å². The van der Waals surface area contributed by atoms with Gasteiger partial charge in [-0.25, -0.2) is 0 Å². The Kier molecular flexibility index (Phi) is 8.66. The lowest BCUT2D eigenvalue weighted by atomic mass is 9.96. The Balaban J connectivity index is 1.42. The summed E-state index contributed by atoms with van der Waals surface area (Å²) in [5.74, 6) is -0.767. The Hall–Kier alpha value is -1.96. The first kappa shape index (κ1) is 22.7. The molecule has 1 heterocycles. The third-order valence-electron chi connectivity index (χ3n) is 5.41. The summed E-state index contributed by atoms with van der Waals surface area (Å²) in [5.41, 5.74) is 2.04. The minimum atomic E-state index is -0.609. The summed E-state index contributed by atoms with van der Waals surface area (Å²) in [4.78, 5) is 29.2. The van der Waals surface area contributed by atoms with Gasteiger partial charge in [-0.3, -0.25) is 14.5 Å². The minimum absolute atomic E-state index is 0.410. The van der Waals surface area contributed by atoms with E-state index in [1.54, 1.807) is 11.8 Å². The van der Waals surface area contributed by atoms with Crippen LogP contribution in [0.3, 0.4) is 0 Å². The highest BCUT2D eigenvalue weighted by Crippen LogP contribution is 2.25. The molecule has 2 aromatic carbocycles. The third-order valence-corrected chi connectivity index (χ3v) is 7.04. The molecular weight excluding hydrogens is 414 g/mol. The molecule has 2 N–H and O–H groups in total. The number of anilines is 1. The van der Waals surface area contributed by atoms with E-state index in [0.717, 1.165) is 37.4 Å². The molecular formula is C23H29N3O2S2. The minimum Gasteiger partial charge on any atom is -0.348 e. The molecule has 0 bridgehead atoms. The highest BCUT2D eigenvalue weighted by Gasteiger charge is 2.22. The zero-order valence-electron chi connectivity index (χ0n) is 17.5. The first-order valence-electron chi connectivity index (χ1n) is 10.2. The number of carbonyl (C=O) groups is 2. The van der Waals surface area contributed by atoms with Crippen LogP contribution in [0.25, 0.3) is 0 Å². The SMILES string of the molecule is CSc1ccccc1CN1CCC(CNC(=O)C(=O)Nc2ccccc2SC)CC1. The lowest BCUT2D eigenvalue weighted by Crippen LogP contribution is -2.41. The normalized spacial score (nSPS) is 15.0. The lowest BCUT2D eigenvalue weighted by molar-refractivity contribution is -0.136. The van der Waals surface area contributed by atoms with Gasteiger partial charge in [-0.2, -0.15) is 0 Å². The second-order valence-corrected chi connectivity index (χ2v) is 9.09. The molecule has 0 atom stereocenters. The van der Waals surface area contributed by atoms with Crippen molar-refractivity contribution < 1.29 is 9.59 Å². The number of piperidine rings is 1. The summed E-state index contributed by atoms with van der Waals surface area (Å²) in [6.07, 6.45) is 6.11. The molecule has 0 aliphatic carbocycles. The molecule has 5 nitrogen and oxygen atoms in total. The number of carbonyl (C=O) groups excluding carboxylic acids is 2. The van der Waals surface area contributed by atoms with Crippen LogP contribution in [0.5, 0.6) is 0 Å². The molecule has 1 fully saturated rings. The Morgan fingerprint density at radius 2 is 1.57 bits per heavy atom. The maximum Gasteiger partial charge on any atom is 0.313 e. The Bertz CT molecular complexity index is 867. The highest BCUT2D eigenvalue weighted by atomic mass is 32.2. The number of thioether (sulfide) groups is 2. The number of benzene rings is 2. The third kappa shape index (κ3) is 6.27. The fraction of sp³-hybridized carbons (Fsp3) is 0.391. The van der Waals surface area contributed by atoms with Gasteiger partial charge in [0.15, 0.2) is 0 Å². The number of para-hydroxylation sites is 1. The molecule has 0 aromatic heterocycles. The van der Waals surface area contributed by atoms with E-state index in [1.165, 1.54) is 22.2 Å². The van der Waals surface area contributed by atoms with Crippen molar-refractivity contribution in [3.63, 3.8) is 0 Å². The van der Waals surface area contributed by atoms with E-state index in [2.05, 4.69) is 46.1 Å². The van der Waals surface area contributed by atoms with Crippen molar-refractivity contribution in [1.29, 1.82) is 0 Å². The van der Waals surface area contributed by atoms with Gasteiger partial charge in [0.2, 0.25) is 0 Å². The number of hydrogen-bond donors (Lipinski definition) is 2. The van der Waals surface area contributed by atoms with E-state index in [0.29, 0.717) is 18.2 Å². The predicted octanol–water partition coefficient (Wildman–Crippen LogP) is 4.10. The van der Waals surface area contributed by atoms with Crippen LogP contribution >= 0.6 is 23.5 Å². The summed E-state index contributed by atoms with van der Waals surface area (Å²) < 4.78 is 0. The molecule has 0 saturated carbocycles. The molecule has 0 spiro atoms. The predicted molar refractivity (Wildman–Crippen MR) is 126 cm³/mol. The first-order chi connectivity index (χ1) is 14.6. The number of rotatable bonds is 7. The van der Waals surface area contributed by atoms with E-state index in [4.69, 9.17) is 0 Å². The lowest BCUT2D eigenvalue weighted by Gasteiger charge is -2.32. The molecule has 3 rings (SSSR count). The molecule has 1 aliphatic rings. The van der Waals surface area contributed by atoms with Crippen molar-refractivity contribution in [1.82, 2.24) is 10.2 Å². The smallest absolute Gasteiger partial charge is 0.313 e. The molecule has 0 radical (unpaired) electrons. The average molecular weight is 444 g/mol. The van der Waals surface area contributed by atoms with Gasteiger partial charge in [-0.1, -0.05) is 30.3 Å². The van der Waals surface area contributed by atoms with Gasteiger partial charge in [-0.15, -0.1) is 23.5 Å². The van der Waals surface area contributed by atoms with E-state index in [-0.39, 0.29) is 0 Å². The molecule has 0 unspecified atom stereocenters.